The van der Waals surface area contributed by atoms with Crippen molar-refractivity contribution >= 4 is 81.7 Å². The lowest BCUT2D eigenvalue weighted by Gasteiger charge is -2.10. The molecule has 0 aliphatic rings. The minimum atomic E-state index is 0.610. The Morgan fingerprint density at radius 3 is 1.22 bits per heavy atom. The molecule has 49 heavy (non-hydrogen) atoms. The van der Waals surface area contributed by atoms with Crippen molar-refractivity contribution in [3.8, 4) is 23.5 Å². The summed E-state index contributed by atoms with van der Waals surface area (Å²) in [6.07, 6.45) is 0. The van der Waals surface area contributed by atoms with Gasteiger partial charge in [0.25, 0.3) is 0 Å². The Kier molecular flexibility index (Phi) is 4.92. The van der Waals surface area contributed by atoms with Gasteiger partial charge in [-0.3, -0.25) is 0 Å². The fraction of sp³-hybridized carbons (Fsp3) is 0. The SMILES string of the molecule is N#Cc1cc2c(c3cccc4c5c6c7ccccc7n(-c7ccccc7)c6c(C#N)cc5n2c34)c2c3ccccc3n(-c3ccccc3)c12. The van der Waals surface area contributed by atoms with E-state index in [2.05, 4.69) is 129 Å². The summed E-state index contributed by atoms with van der Waals surface area (Å²) in [5.41, 5.74) is 10.2. The molecule has 11 aromatic rings. The fourth-order valence-corrected chi connectivity index (χ4v) is 8.62. The Labute approximate surface area is 279 Å². The smallest absolute Gasteiger partial charge is 0.101 e. The van der Waals surface area contributed by atoms with E-state index in [-0.39, 0.29) is 0 Å². The molecule has 0 saturated heterocycles. The normalized spacial score (nSPS) is 12.0. The molecule has 5 heteroatoms. The van der Waals surface area contributed by atoms with E-state index >= 15 is 0 Å². The van der Waals surface area contributed by atoms with Crippen molar-refractivity contribution in [3.05, 3.63) is 151 Å². The summed E-state index contributed by atoms with van der Waals surface area (Å²) in [7, 11) is 0. The molecule has 0 amide bonds. The van der Waals surface area contributed by atoms with Gasteiger partial charge in [0.05, 0.1) is 49.7 Å². The van der Waals surface area contributed by atoms with E-state index < -0.39 is 0 Å². The number of hydrogen-bond donors (Lipinski definition) is 0. The van der Waals surface area contributed by atoms with E-state index in [4.69, 9.17) is 0 Å². The van der Waals surface area contributed by atoms with E-state index in [0.717, 1.165) is 93.1 Å². The topological polar surface area (TPSA) is 61.9 Å². The molecule has 0 aliphatic heterocycles. The van der Waals surface area contributed by atoms with Crippen LogP contribution in [-0.4, -0.2) is 13.5 Å². The summed E-state index contributed by atoms with van der Waals surface area (Å²) >= 11 is 0. The molecular formula is C44H23N5. The average molecular weight is 622 g/mol. The number of nitriles is 2. The van der Waals surface area contributed by atoms with Crippen LogP contribution in [0.2, 0.25) is 0 Å². The minimum Gasteiger partial charge on any atom is -0.308 e. The predicted octanol–water partition coefficient (Wildman–Crippen LogP) is 10.8. The highest BCUT2D eigenvalue weighted by atomic mass is 15.0. The second-order valence-corrected chi connectivity index (χ2v) is 12.7. The first-order valence-electron chi connectivity index (χ1n) is 16.3. The fourth-order valence-electron chi connectivity index (χ4n) is 8.62. The summed E-state index contributed by atoms with van der Waals surface area (Å²) in [6.45, 7) is 0. The molecule has 0 saturated carbocycles. The van der Waals surface area contributed by atoms with Crippen LogP contribution in [0.15, 0.2) is 140 Å². The number of aromatic nitrogens is 3. The first kappa shape index (κ1) is 26.0. The van der Waals surface area contributed by atoms with Crippen molar-refractivity contribution in [2.75, 3.05) is 0 Å². The molecule has 11 rings (SSSR count). The second kappa shape index (κ2) is 9.26. The molecule has 7 aromatic carbocycles. The minimum absolute atomic E-state index is 0.610. The van der Waals surface area contributed by atoms with E-state index in [9.17, 15) is 10.5 Å². The van der Waals surface area contributed by atoms with Crippen LogP contribution in [0.5, 0.6) is 0 Å². The van der Waals surface area contributed by atoms with Crippen molar-refractivity contribution in [2.45, 2.75) is 0 Å². The van der Waals surface area contributed by atoms with E-state index in [1.807, 2.05) is 36.4 Å². The number of benzene rings is 7. The third kappa shape index (κ3) is 3.12. The molecule has 224 valence electrons. The number of hydrogen-bond acceptors (Lipinski definition) is 2. The van der Waals surface area contributed by atoms with Crippen LogP contribution in [0.4, 0.5) is 0 Å². The first-order chi connectivity index (χ1) is 24.3. The summed E-state index contributed by atoms with van der Waals surface area (Å²) in [4.78, 5) is 0. The zero-order valence-electron chi connectivity index (χ0n) is 26.0. The summed E-state index contributed by atoms with van der Waals surface area (Å²) < 4.78 is 6.76. The Morgan fingerprint density at radius 1 is 0.367 bits per heavy atom. The second-order valence-electron chi connectivity index (χ2n) is 12.7. The lowest BCUT2D eigenvalue weighted by atomic mass is 9.99. The van der Waals surface area contributed by atoms with E-state index in [1.165, 1.54) is 0 Å². The molecule has 0 spiro atoms. The predicted molar refractivity (Wildman–Crippen MR) is 199 cm³/mol. The molecule has 0 aliphatic carbocycles. The van der Waals surface area contributed by atoms with Crippen LogP contribution in [0.25, 0.3) is 93.1 Å². The lowest BCUT2D eigenvalue weighted by Crippen LogP contribution is -1.96. The molecule has 0 bridgehead atoms. The Balaban J connectivity index is 1.41. The zero-order chi connectivity index (χ0) is 32.4. The van der Waals surface area contributed by atoms with Gasteiger partial charge >= 0.3 is 0 Å². The van der Waals surface area contributed by atoms with Crippen LogP contribution in [0.3, 0.4) is 0 Å². The molecule has 0 atom stereocenters. The summed E-state index contributed by atoms with van der Waals surface area (Å²) in [5.74, 6) is 0. The molecule has 4 heterocycles. The standard InChI is InChI=1S/C44H23N5/c45-24-26-22-36-38(40-30-16-7-9-20-34(30)47(42(26)40)28-12-3-1-4-13-28)32-18-11-19-33-39-37(49(36)44(32)33)23-27(25-46)43-41(39)31-17-8-10-21-35(31)48(43)29-14-5-2-6-15-29/h1-23H. The van der Waals surface area contributed by atoms with Crippen molar-refractivity contribution in [3.63, 3.8) is 0 Å². The van der Waals surface area contributed by atoms with Crippen molar-refractivity contribution in [2.24, 2.45) is 0 Å². The highest BCUT2D eigenvalue weighted by Crippen LogP contribution is 2.49. The number of fused-ring (bicyclic) bond motifs is 14. The maximum atomic E-state index is 10.8. The quantitative estimate of drug-likeness (QED) is 0.193. The van der Waals surface area contributed by atoms with Gasteiger partial charge in [0.15, 0.2) is 0 Å². The highest BCUT2D eigenvalue weighted by Gasteiger charge is 2.27. The average Bonchev–Trinajstić information content (AvgIpc) is 3.89. The van der Waals surface area contributed by atoms with Gasteiger partial charge in [0.1, 0.15) is 12.1 Å². The molecule has 0 unspecified atom stereocenters. The van der Waals surface area contributed by atoms with Crippen molar-refractivity contribution < 1.29 is 0 Å². The van der Waals surface area contributed by atoms with Crippen LogP contribution >= 0.6 is 0 Å². The number of rotatable bonds is 2. The third-order valence-electron chi connectivity index (χ3n) is 10.4. The molecular weight excluding hydrogens is 599 g/mol. The zero-order valence-corrected chi connectivity index (χ0v) is 26.0. The summed E-state index contributed by atoms with van der Waals surface area (Å²) in [6, 6.07) is 53.3. The summed E-state index contributed by atoms with van der Waals surface area (Å²) in [5, 5.41) is 30.4. The van der Waals surface area contributed by atoms with Gasteiger partial charge in [-0.25, -0.2) is 0 Å². The Bertz CT molecular complexity index is 3060. The van der Waals surface area contributed by atoms with Crippen LogP contribution in [0, 0.1) is 22.7 Å². The maximum absolute atomic E-state index is 10.8. The largest absolute Gasteiger partial charge is 0.308 e. The monoisotopic (exact) mass is 621 g/mol. The Morgan fingerprint density at radius 2 is 0.776 bits per heavy atom. The van der Waals surface area contributed by atoms with E-state index in [0.29, 0.717) is 11.1 Å². The maximum Gasteiger partial charge on any atom is 0.101 e. The van der Waals surface area contributed by atoms with Gasteiger partial charge in [0, 0.05) is 54.5 Å². The Hall–Kier alpha value is -7.08. The molecule has 0 radical (unpaired) electrons. The van der Waals surface area contributed by atoms with Gasteiger partial charge in [-0.2, -0.15) is 10.5 Å². The molecule has 0 fully saturated rings. The van der Waals surface area contributed by atoms with Crippen molar-refractivity contribution in [1.82, 2.24) is 13.5 Å². The number of nitrogens with zero attached hydrogens (tertiary/aromatic N) is 5. The van der Waals surface area contributed by atoms with Gasteiger partial charge in [-0.1, -0.05) is 91.0 Å². The molecule has 4 aromatic heterocycles. The molecule has 0 N–H and O–H groups in total. The first-order valence-corrected chi connectivity index (χ1v) is 16.3. The molecule has 5 nitrogen and oxygen atoms in total. The van der Waals surface area contributed by atoms with Gasteiger partial charge in [-0.15, -0.1) is 0 Å². The number of para-hydroxylation sites is 5. The highest BCUT2D eigenvalue weighted by molar-refractivity contribution is 6.37. The van der Waals surface area contributed by atoms with E-state index in [1.54, 1.807) is 0 Å². The van der Waals surface area contributed by atoms with Crippen LogP contribution < -0.4 is 0 Å². The van der Waals surface area contributed by atoms with Crippen molar-refractivity contribution in [1.29, 1.82) is 10.5 Å². The lowest BCUT2D eigenvalue weighted by molar-refractivity contribution is 1.18. The third-order valence-corrected chi connectivity index (χ3v) is 10.4. The van der Waals surface area contributed by atoms with Gasteiger partial charge in [0.2, 0.25) is 0 Å². The van der Waals surface area contributed by atoms with Gasteiger partial charge < -0.3 is 13.5 Å². The van der Waals surface area contributed by atoms with Gasteiger partial charge in [-0.05, 0) is 48.5 Å². The van der Waals surface area contributed by atoms with Crippen LogP contribution in [0.1, 0.15) is 11.1 Å². The van der Waals surface area contributed by atoms with Crippen LogP contribution in [-0.2, 0) is 0 Å².